The lowest BCUT2D eigenvalue weighted by Gasteiger charge is -2.04. The van der Waals surface area contributed by atoms with E-state index in [2.05, 4.69) is 10.3 Å². The van der Waals surface area contributed by atoms with E-state index >= 15 is 0 Å². The van der Waals surface area contributed by atoms with Gasteiger partial charge < -0.3 is 5.32 Å². The summed E-state index contributed by atoms with van der Waals surface area (Å²) >= 11 is 0. The van der Waals surface area contributed by atoms with Crippen LogP contribution in [0, 0.1) is 17.1 Å². The van der Waals surface area contributed by atoms with Gasteiger partial charge in [0, 0.05) is 11.9 Å². The Morgan fingerprint density at radius 3 is 2.61 bits per heavy atom. The molecule has 0 aliphatic carbocycles. The lowest BCUT2D eigenvalue weighted by atomic mass is 10.2. The van der Waals surface area contributed by atoms with Crippen LogP contribution in [-0.4, -0.2) is 10.9 Å². The molecule has 0 spiro atoms. The Balaban J connectivity index is 2.17. The summed E-state index contributed by atoms with van der Waals surface area (Å²) in [5.41, 5.74) is 0.697. The van der Waals surface area contributed by atoms with Crippen molar-refractivity contribution in [3.05, 3.63) is 59.7 Å². The topological polar surface area (TPSA) is 65.8 Å². The predicted octanol–water partition coefficient (Wildman–Crippen LogP) is 2.34. The quantitative estimate of drug-likeness (QED) is 0.877. The lowest BCUT2D eigenvalue weighted by molar-refractivity contribution is 0.101. The van der Waals surface area contributed by atoms with E-state index in [1.807, 2.05) is 6.07 Å². The number of nitrogens with one attached hydrogen (secondary N) is 1. The van der Waals surface area contributed by atoms with E-state index < -0.39 is 11.7 Å². The molecule has 0 aliphatic rings. The average Bonchev–Trinajstić information content (AvgIpc) is 2.40. The molecule has 2 aromatic rings. The van der Waals surface area contributed by atoms with Crippen molar-refractivity contribution in [2.45, 2.75) is 0 Å². The Hall–Kier alpha value is -2.74. The first-order valence-electron chi connectivity index (χ1n) is 5.13. The van der Waals surface area contributed by atoms with Gasteiger partial charge in [-0.2, -0.15) is 5.26 Å². The van der Waals surface area contributed by atoms with Crippen LogP contribution in [0.25, 0.3) is 0 Å². The molecule has 2 rings (SSSR count). The molecule has 0 fully saturated rings. The fraction of sp³-hybridized carbons (Fsp3) is 0. The molecule has 0 aliphatic heterocycles. The molecule has 1 aromatic heterocycles. The van der Waals surface area contributed by atoms with Gasteiger partial charge in [0.25, 0.3) is 5.91 Å². The van der Waals surface area contributed by atoms with Crippen molar-refractivity contribution in [1.82, 2.24) is 4.98 Å². The number of nitriles is 1. The SMILES string of the molecule is N#Cc1ccc(NC(=O)c2ncccc2F)cc1. The molecule has 1 amide bonds. The maximum Gasteiger partial charge on any atom is 0.277 e. The molecule has 18 heavy (non-hydrogen) atoms. The molecule has 4 nitrogen and oxygen atoms in total. The van der Waals surface area contributed by atoms with E-state index in [1.54, 1.807) is 24.3 Å². The highest BCUT2D eigenvalue weighted by Gasteiger charge is 2.12. The number of hydrogen-bond donors (Lipinski definition) is 1. The second-order valence-corrected chi connectivity index (χ2v) is 3.48. The van der Waals surface area contributed by atoms with Crippen LogP contribution < -0.4 is 5.32 Å². The first kappa shape index (κ1) is 11.7. The molecule has 88 valence electrons. The third-order valence-electron chi connectivity index (χ3n) is 2.25. The molecule has 0 radical (unpaired) electrons. The number of rotatable bonds is 2. The second kappa shape index (κ2) is 5.06. The summed E-state index contributed by atoms with van der Waals surface area (Å²) in [6, 6.07) is 10.8. The molecule has 5 heteroatoms. The van der Waals surface area contributed by atoms with Crippen LogP contribution in [0.1, 0.15) is 16.1 Å². The average molecular weight is 241 g/mol. The highest BCUT2D eigenvalue weighted by molar-refractivity contribution is 6.02. The summed E-state index contributed by atoms with van der Waals surface area (Å²) < 4.78 is 13.3. The van der Waals surface area contributed by atoms with Gasteiger partial charge in [0.2, 0.25) is 0 Å². The van der Waals surface area contributed by atoms with Crippen LogP contribution in [0.2, 0.25) is 0 Å². The maximum atomic E-state index is 13.3. The van der Waals surface area contributed by atoms with E-state index in [0.29, 0.717) is 11.3 Å². The van der Waals surface area contributed by atoms with Gasteiger partial charge in [-0.1, -0.05) is 0 Å². The lowest BCUT2D eigenvalue weighted by Crippen LogP contribution is -2.15. The molecule has 0 saturated heterocycles. The smallest absolute Gasteiger partial charge is 0.277 e. The van der Waals surface area contributed by atoms with E-state index in [-0.39, 0.29) is 5.69 Å². The molecule has 1 aromatic carbocycles. The second-order valence-electron chi connectivity index (χ2n) is 3.48. The van der Waals surface area contributed by atoms with Crippen LogP contribution in [0.4, 0.5) is 10.1 Å². The number of nitrogens with zero attached hydrogens (tertiary/aromatic N) is 2. The zero-order chi connectivity index (χ0) is 13.0. The van der Waals surface area contributed by atoms with Crippen LogP contribution in [0.5, 0.6) is 0 Å². The van der Waals surface area contributed by atoms with Crippen molar-refractivity contribution in [2.75, 3.05) is 5.32 Å². The normalized spacial score (nSPS) is 9.56. The van der Waals surface area contributed by atoms with Gasteiger partial charge >= 0.3 is 0 Å². The van der Waals surface area contributed by atoms with E-state index in [9.17, 15) is 9.18 Å². The van der Waals surface area contributed by atoms with E-state index in [0.717, 1.165) is 0 Å². The molecule has 0 atom stereocenters. The monoisotopic (exact) mass is 241 g/mol. The maximum absolute atomic E-state index is 13.3. The fourth-order valence-electron chi connectivity index (χ4n) is 1.37. The zero-order valence-corrected chi connectivity index (χ0v) is 9.22. The Morgan fingerprint density at radius 2 is 2.00 bits per heavy atom. The van der Waals surface area contributed by atoms with Crippen molar-refractivity contribution in [3.8, 4) is 6.07 Å². The molecule has 0 unspecified atom stereocenters. The van der Waals surface area contributed by atoms with E-state index in [4.69, 9.17) is 5.26 Å². The molecular formula is C13H8FN3O. The fourth-order valence-corrected chi connectivity index (χ4v) is 1.37. The first-order chi connectivity index (χ1) is 8.70. The number of carbonyl (C=O) groups excluding carboxylic acids is 1. The number of pyridine rings is 1. The zero-order valence-electron chi connectivity index (χ0n) is 9.22. The van der Waals surface area contributed by atoms with Crippen molar-refractivity contribution < 1.29 is 9.18 Å². The van der Waals surface area contributed by atoms with Crippen LogP contribution in [0.3, 0.4) is 0 Å². The summed E-state index contributed by atoms with van der Waals surface area (Å²) in [5, 5.41) is 11.1. The first-order valence-corrected chi connectivity index (χ1v) is 5.13. The number of halogens is 1. The highest BCUT2D eigenvalue weighted by atomic mass is 19.1. The Kier molecular flexibility index (Phi) is 3.30. The molecule has 1 heterocycles. The third-order valence-corrected chi connectivity index (χ3v) is 2.25. The third kappa shape index (κ3) is 2.50. The van der Waals surface area contributed by atoms with Gasteiger partial charge in [-0.25, -0.2) is 9.37 Å². The van der Waals surface area contributed by atoms with Gasteiger partial charge in [-0.05, 0) is 36.4 Å². The minimum absolute atomic E-state index is 0.262. The summed E-state index contributed by atoms with van der Waals surface area (Å²) in [6.07, 6.45) is 1.34. The predicted molar refractivity (Wildman–Crippen MR) is 63.3 cm³/mol. The molecule has 0 saturated carbocycles. The Bertz CT molecular complexity index is 617. The summed E-state index contributed by atoms with van der Waals surface area (Å²) in [4.78, 5) is 15.4. The number of carbonyl (C=O) groups is 1. The van der Waals surface area contributed by atoms with Crippen LogP contribution in [0.15, 0.2) is 42.6 Å². The standard InChI is InChI=1S/C13H8FN3O/c14-11-2-1-7-16-12(11)13(18)17-10-5-3-9(8-15)4-6-10/h1-7H,(H,17,18). The van der Waals surface area contributed by atoms with Crippen molar-refractivity contribution in [1.29, 1.82) is 5.26 Å². The van der Waals surface area contributed by atoms with Gasteiger partial charge in [0.1, 0.15) is 0 Å². The largest absolute Gasteiger partial charge is 0.321 e. The summed E-state index contributed by atoms with van der Waals surface area (Å²) in [5.74, 6) is -1.30. The molecular weight excluding hydrogens is 233 g/mol. The molecule has 1 N–H and O–H groups in total. The Labute approximate surface area is 103 Å². The van der Waals surface area contributed by atoms with Crippen LogP contribution in [-0.2, 0) is 0 Å². The number of anilines is 1. The van der Waals surface area contributed by atoms with Gasteiger partial charge in [0.05, 0.1) is 11.6 Å². The van der Waals surface area contributed by atoms with Gasteiger partial charge in [0.15, 0.2) is 11.5 Å². The number of amides is 1. The van der Waals surface area contributed by atoms with Gasteiger partial charge in [-0.15, -0.1) is 0 Å². The highest BCUT2D eigenvalue weighted by Crippen LogP contribution is 2.11. The number of aromatic nitrogens is 1. The Morgan fingerprint density at radius 1 is 1.28 bits per heavy atom. The van der Waals surface area contributed by atoms with Gasteiger partial charge in [-0.3, -0.25) is 4.79 Å². The van der Waals surface area contributed by atoms with Crippen molar-refractivity contribution >= 4 is 11.6 Å². The minimum atomic E-state index is -0.677. The summed E-state index contributed by atoms with van der Waals surface area (Å²) in [7, 11) is 0. The van der Waals surface area contributed by atoms with Crippen LogP contribution >= 0.6 is 0 Å². The summed E-state index contributed by atoms with van der Waals surface area (Å²) in [6.45, 7) is 0. The minimum Gasteiger partial charge on any atom is -0.321 e. The number of benzene rings is 1. The van der Waals surface area contributed by atoms with E-state index in [1.165, 1.54) is 18.3 Å². The van der Waals surface area contributed by atoms with Crippen molar-refractivity contribution in [3.63, 3.8) is 0 Å². The van der Waals surface area contributed by atoms with Crippen molar-refractivity contribution in [2.24, 2.45) is 0 Å². The number of hydrogen-bond acceptors (Lipinski definition) is 3. The molecule has 0 bridgehead atoms.